The summed E-state index contributed by atoms with van der Waals surface area (Å²) in [7, 11) is 0. The maximum atomic E-state index is 13.7. The molecule has 1 aliphatic carbocycles. The van der Waals surface area contributed by atoms with Crippen LogP contribution in [0.1, 0.15) is 30.9 Å². The normalized spacial score (nSPS) is 13.2. The second-order valence-electron chi connectivity index (χ2n) is 7.06. The summed E-state index contributed by atoms with van der Waals surface area (Å²) in [5.41, 5.74) is 4.08. The highest BCUT2D eigenvalue weighted by Gasteiger charge is 2.17. The quantitative estimate of drug-likeness (QED) is 0.598. The molecule has 1 amide bonds. The fourth-order valence-electron chi connectivity index (χ4n) is 3.65. The number of aromatic nitrogens is 3. The van der Waals surface area contributed by atoms with E-state index < -0.39 is 5.82 Å². The van der Waals surface area contributed by atoms with Crippen LogP contribution < -0.4 is 5.32 Å². The lowest BCUT2D eigenvalue weighted by Gasteiger charge is -2.16. The Kier molecular flexibility index (Phi) is 5.94. The van der Waals surface area contributed by atoms with Crippen molar-refractivity contribution in [2.24, 2.45) is 0 Å². The SMILES string of the molecule is CCn1c(SCC(=O)Nc2ccccc2F)nnc1-c1ccc2c(c1)CCCC2. The third-order valence-electron chi connectivity index (χ3n) is 5.12. The lowest BCUT2D eigenvalue weighted by atomic mass is 9.90. The Balaban J connectivity index is 1.48. The average molecular weight is 411 g/mol. The zero-order valence-corrected chi connectivity index (χ0v) is 17.1. The molecule has 0 aliphatic heterocycles. The second-order valence-corrected chi connectivity index (χ2v) is 8.00. The number of amides is 1. The highest BCUT2D eigenvalue weighted by Crippen LogP contribution is 2.29. The Bertz CT molecular complexity index is 1030. The van der Waals surface area contributed by atoms with Crippen LogP contribution in [0.25, 0.3) is 11.4 Å². The number of fused-ring (bicyclic) bond motifs is 1. The van der Waals surface area contributed by atoms with Crippen LogP contribution in [0, 0.1) is 5.82 Å². The van der Waals surface area contributed by atoms with Gasteiger partial charge in [-0.15, -0.1) is 10.2 Å². The van der Waals surface area contributed by atoms with Gasteiger partial charge in [0.15, 0.2) is 11.0 Å². The van der Waals surface area contributed by atoms with Gasteiger partial charge >= 0.3 is 0 Å². The summed E-state index contributed by atoms with van der Waals surface area (Å²) in [6, 6.07) is 12.7. The summed E-state index contributed by atoms with van der Waals surface area (Å²) < 4.78 is 15.7. The summed E-state index contributed by atoms with van der Waals surface area (Å²) in [4.78, 5) is 12.2. The van der Waals surface area contributed by atoms with Crippen LogP contribution in [0.2, 0.25) is 0 Å². The van der Waals surface area contributed by atoms with Crippen LogP contribution in [0.3, 0.4) is 0 Å². The fourth-order valence-corrected chi connectivity index (χ4v) is 4.45. The lowest BCUT2D eigenvalue weighted by molar-refractivity contribution is -0.113. The summed E-state index contributed by atoms with van der Waals surface area (Å²) >= 11 is 1.30. The van der Waals surface area contributed by atoms with Gasteiger partial charge in [0, 0.05) is 12.1 Å². The first-order chi connectivity index (χ1) is 14.2. The molecule has 0 spiro atoms. The van der Waals surface area contributed by atoms with E-state index >= 15 is 0 Å². The van der Waals surface area contributed by atoms with E-state index in [9.17, 15) is 9.18 Å². The predicted octanol–water partition coefficient (Wildman–Crippen LogP) is 4.71. The standard InChI is InChI=1S/C22H23FN4OS/c1-2-27-21(17-12-11-15-7-3-4-8-16(15)13-17)25-26-22(27)29-14-20(28)24-19-10-6-5-9-18(19)23/h5-6,9-13H,2-4,7-8,14H2,1H3,(H,24,28). The van der Waals surface area contributed by atoms with Gasteiger partial charge in [-0.05, 0) is 61.9 Å². The van der Waals surface area contributed by atoms with Gasteiger partial charge in [-0.1, -0.05) is 36.0 Å². The van der Waals surface area contributed by atoms with Crippen molar-refractivity contribution < 1.29 is 9.18 Å². The molecule has 0 bridgehead atoms. The van der Waals surface area contributed by atoms with Gasteiger partial charge in [-0.3, -0.25) is 4.79 Å². The molecule has 5 nitrogen and oxygen atoms in total. The average Bonchev–Trinajstić information content (AvgIpc) is 3.16. The van der Waals surface area contributed by atoms with Crippen LogP contribution in [0.4, 0.5) is 10.1 Å². The van der Waals surface area contributed by atoms with Gasteiger partial charge in [-0.25, -0.2) is 4.39 Å². The molecule has 1 aromatic heterocycles. The maximum Gasteiger partial charge on any atom is 0.234 e. The van der Waals surface area contributed by atoms with E-state index in [0.717, 1.165) is 24.2 Å². The molecular weight excluding hydrogens is 387 g/mol. The third-order valence-corrected chi connectivity index (χ3v) is 6.09. The number of hydrogen-bond acceptors (Lipinski definition) is 4. The third kappa shape index (κ3) is 4.34. The van der Waals surface area contributed by atoms with E-state index in [4.69, 9.17) is 0 Å². The molecule has 1 heterocycles. The van der Waals surface area contributed by atoms with E-state index in [1.165, 1.54) is 41.8 Å². The highest BCUT2D eigenvalue weighted by molar-refractivity contribution is 7.99. The Hall–Kier alpha value is -2.67. The van der Waals surface area contributed by atoms with E-state index in [2.05, 4.69) is 33.7 Å². The van der Waals surface area contributed by atoms with Crippen molar-refractivity contribution in [3.05, 3.63) is 59.4 Å². The lowest BCUT2D eigenvalue weighted by Crippen LogP contribution is -2.15. The molecule has 150 valence electrons. The molecule has 7 heteroatoms. The molecule has 0 saturated heterocycles. The van der Waals surface area contributed by atoms with E-state index in [1.54, 1.807) is 18.2 Å². The van der Waals surface area contributed by atoms with Gasteiger partial charge in [0.05, 0.1) is 11.4 Å². The molecule has 1 aliphatic rings. The molecule has 29 heavy (non-hydrogen) atoms. The number of carbonyl (C=O) groups is 1. The Labute approximate surface area is 173 Å². The second kappa shape index (κ2) is 8.78. The van der Waals surface area contributed by atoms with Gasteiger partial charge in [-0.2, -0.15) is 0 Å². The van der Waals surface area contributed by atoms with E-state index in [-0.39, 0.29) is 17.3 Å². The number of aryl methyl sites for hydroxylation is 2. The van der Waals surface area contributed by atoms with Crippen LogP contribution >= 0.6 is 11.8 Å². The zero-order valence-electron chi connectivity index (χ0n) is 16.3. The summed E-state index contributed by atoms with van der Waals surface area (Å²) in [5, 5.41) is 12.0. The fraction of sp³-hybridized carbons (Fsp3) is 0.318. The molecule has 2 aromatic carbocycles. The van der Waals surface area contributed by atoms with Crippen molar-refractivity contribution in [3.8, 4) is 11.4 Å². The van der Waals surface area contributed by atoms with Crippen molar-refractivity contribution in [2.75, 3.05) is 11.1 Å². The van der Waals surface area contributed by atoms with Gasteiger partial charge in [0.25, 0.3) is 0 Å². The number of halogens is 1. The Morgan fingerprint density at radius 2 is 1.93 bits per heavy atom. The van der Waals surface area contributed by atoms with Crippen molar-refractivity contribution in [3.63, 3.8) is 0 Å². The van der Waals surface area contributed by atoms with Crippen molar-refractivity contribution in [1.82, 2.24) is 14.8 Å². The molecule has 1 N–H and O–H groups in total. The number of rotatable bonds is 6. The largest absolute Gasteiger partial charge is 0.323 e. The maximum absolute atomic E-state index is 13.7. The first-order valence-corrected chi connectivity index (χ1v) is 10.9. The van der Waals surface area contributed by atoms with E-state index in [0.29, 0.717) is 11.7 Å². The van der Waals surface area contributed by atoms with Gasteiger partial charge < -0.3 is 9.88 Å². The summed E-state index contributed by atoms with van der Waals surface area (Å²) in [6.45, 7) is 2.74. The molecule has 0 atom stereocenters. The topological polar surface area (TPSA) is 59.8 Å². The predicted molar refractivity (Wildman–Crippen MR) is 114 cm³/mol. The zero-order chi connectivity index (χ0) is 20.2. The number of nitrogens with zero attached hydrogens (tertiary/aromatic N) is 3. The number of para-hydroxylation sites is 1. The number of thioether (sulfide) groups is 1. The van der Waals surface area contributed by atoms with E-state index in [1.807, 2.05) is 11.5 Å². The minimum absolute atomic E-state index is 0.136. The molecule has 3 aromatic rings. The van der Waals surface area contributed by atoms with Gasteiger partial charge in [0.2, 0.25) is 5.91 Å². The number of hydrogen-bond donors (Lipinski definition) is 1. The molecule has 0 radical (unpaired) electrons. The first-order valence-electron chi connectivity index (χ1n) is 9.88. The minimum atomic E-state index is -0.447. The first kappa shape index (κ1) is 19.6. The van der Waals surface area contributed by atoms with Crippen molar-refractivity contribution >= 4 is 23.4 Å². The summed E-state index contributed by atoms with van der Waals surface area (Å²) in [5.74, 6) is 0.229. The Morgan fingerprint density at radius 1 is 1.14 bits per heavy atom. The van der Waals surface area contributed by atoms with Crippen molar-refractivity contribution in [2.45, 2.75) is 44.3 Å². The number of anilines is 1. The van der Waals surface area contributed by atoms with Crippen LogP contribution in [-0.4, -0.2) is 26.4 Å². The molecular formula is C22H23FN4OS. The monoisotopic (exact) mass is 410 g/mol. The van der Waals surface area contributed by atoms with Crippen molar-refractivity contribution in [1.29, 1.82) is 0 Å². The Morgan fingerprint density at radius 3 is 2.72 bits per heavy atom. The number of benzene rings is 2. The van der Waals surface area contributed by atoms with Gasteiger partial charge in [0.1, 0.15) is 5.82 Å². The highest BCUT2D eigenvalue weighted by atomic mass is 32.2. The smallest absolute Gasteiger partial charge is 0.234 e. The number of carbonyl (C=O) groups excluding carboxylic acids is 1. The number of nitrogens with one attached hydrogen (secondary N) is 1. The molecule has 0 saturated carbocycles. The molecule has 4 rings (SSSR count). The van der Waals surface area contributed by atoms with Crippen LogP contribution in [0.5, 0.6) is 0 Å². The molecule has 0 unspecified atom stereocenters. The molecule has 0 fully saturated rings. The summed E-state index contributed by atoms with van der Waals surface area (Å²) in [6.07, 6.45) is 4.75. The van der Waals surface area contributed by atoms with Crippen LogP contribution in [0.15, 0.2) is 47.6 Å². The minimum Gasteiger partial charge on any atom is -0.323 e. The van der Waals surface area contributed by atoms with Crippen LogP contribution in [-0.2, 0) is 24.2 Å².